The first-order valence-corrected chi connectivity index (χ1v) is 10.5. The monoisotopic (exact) mass is 485 g/mol. The summed E-state index contributed by atoms with van der Waals surface area (Å²) in [6.45, 7) is -0.234. The quantitative estimate of drug-likeness (QED) is 0.459. The van der Waals surface area contributed by atoms with E-state index in [9.17, 15) is 22.8 Å². The Kier molecular flexibility index (Phi) is 5.42. The number of aromatic amines is 1. The van der Waals surface area contributed by atoms with E-state index in [0.29, 0.717) is 12.2 Å². The van der Waals surface area contributed by atoms with E-state index in [1.165, 1.54) is 30.1 Å². The van der Waals surface area contributed by atoms with Crippen LogP contribution in [0.2, 0.25) is 0 Å². The molecule has 3 heterocycles. The number of nitrogens with zero attached hydrogens (tertiary/aromatic N) is 3. The Hall–Kier alpha value is -4.35. The SMILES string of the molecule is CN1C(=O)[C@@H](NC(=O)c2cc(Cc3ccccc3)on2)COc2cc3[nH]c(C(F)(F)F)nc3cc21. The number of benzene rings is 2. The summed E-state index contributed by atoms with van der Waals surface area (Å²) in [4.78, 5) is 32.7. The van der Waals surface area contributed by atoms with Crippen LogP contribution < -0.4 is 15.0 Å². The number of nitrogens with one attached hydrogen (secondary N) is 2. The highest BCUT2D eigenvalue weighted by Crippen LogP contribution is 2.36. The number of carbonyl (C=O) groups is 2. The number of ether oxygens (including phenoxy) is 1. The number of likely N-dealkylation sites (N-methyl/N-ethyl adjacent to an activating group) is 1. The molecule has 0 bridgehead atoms. The van der Waals surface area contributed by atoms with Crippen LogP contribution in [0.4, 0.5) is 18.9 Å². The van der Waals surface area contributed by atoms with Crippen molar-refractivity contribution in [2.75, 3.05) is 18.6 Å². The fraction of sp³-hybridized carbons (Fsp3) is 0.217. The van der Waals surface area contributed by atoms with Crippen molar-refractivity contribution in [1.29, 1.82) is 0 Å². The second-order valence-electron chi connectivity index (χ2n) is 8.00. The van der Waals surface area contributed by atoms with Gasteiger partial charge >= 0.3 is 6.18 Å². The average molecular weight is 485 g/mol. The molecule has 0 saturated heterocycles. The molecule has 0 radical (unpaired) electrons. The van der Waals surface area contributed by atoms with Crippen molar-refractivity contribution in [3.63, 3.8) is 0 Å². The Balaban J connectivity index is 1.32. The summed E-state index contributed by atoms with van der Waals surface area (Å²) in [5.74, 6) is -1.64. The third-order valence-corrected chi connectivity index (χ3v) is 5.54. The lowest BCUT2D eigenvalue weighted by Crippen LogP contribution is -2.49. The van der Waals surface area contributed by atoms with Crippen LogP contribution in [0.3, 0.4) is 0 Å². The lowest BCUT2D eigenvalue weighted by molar-refractivity contribution is -0.144. The summed E-state index contributed by atoms with van der Waals surface area (Å²) in [5.41, 5.74) is 1.34. The molecule has 0 saturated carbocycles. The van der Waals surface area contributed by atoms with Gasteiger partial charge in [0.15, 0.2) is 5.69 Å². The minimum absolute atomic E-state index is 0.00494. The Morgan fingerprint density at radius 3 is 2.74 bits per heavy atom. The molecule has 0 spiro atoms. The smallest absolute Gasteiger partial charge is 0.449 e. The van der Waals surface area contributed by atoms with E-state index in [1.54, 1.807) is 0 Å². The normalized spacial score (nSPS) is 16.1. The molecule has 35 heavy (non-hydrogen) atoms. The van der Waals surface area contributed by atoms with Crippen molar-refractivity contribution in [1.82, 2.24) is 20.4 Å². The molecule has 1 aliphatic heterocycles. The number of H-pyrrole nitrogens is 1. The predicted octanol–water partition coefficient (Wildman–Crippen LogP) is 3.31. The van der Waals surface area contributed by atoms with E-state index >= 15 is 0 Å². The van der Waals surface area contributed by atoms with Gasteiger partial charge in [0.05, 0.1) is 16.7 Å². The largest absolute Gasteiger partial charge is 0.489 e. The van der Waals surface area contributed by atoms with Gasteiger partial charge in [-0.25, -0.2) is 4.98 Å². The summed E-state index contributed by atoms with van der Waals surface area (Å²) < 4.78 is 49.9. The number of rotatable bonds is 4. The molecule has 2 aromatic carbocycles. The van der Waals surface area contributed by atoms with Gasteiger partial charge in [-0.2, -0.15) is 13.2 Å². The zero-order valence-electron chi connectivity index (χ0n) is 18.2. The van der Waals surface area contributed by atoms with E-state index in [2.05, 4.69) is 20.4 Å². The molecule has 12 heteroatoms. The van der Waals surface area contributed by atoms with E-state index in [4.69, 9.17) is 9.26 Å². The molecule has 5 rings (SSSR count). The topological polar surface area (TPSA) is 113 Å². The minimum atomic E-state index is -4.64. The van der Waals surface area contributed by atoms with Crippen molar-refractivity contribution in [3.05, 3.63) is 71.4 Å². The Bertz CT molecular complexity index is 1410. The van der Waals surface area contributed by atoms with Gasteiger partial charge in [-0.1, -0.05) is 35.5 Å². The highest BCUT2D eigenvalue weighted by molar-refractivity contribution is 6.04. The molecule has 180 valence electrons. The number of aromatic nitrogens is 3. The first kappa shape index (κ1) is 22.4. The minimum Gasteiger partial charge on any atom is -0.489 e. The van der Waals surface area contributed by atoms with Gasteiger partial charge in [0.2, 0.25) is 5.82 Å². The summed E-state index contributed by atoms with van der Waals surface area (Å²) in [7, 11) is 1.44. The van der Waals surface area contributed by atoms with Gasteiger partial charge in [0.1, 0.15) is 24.2 Å². The maximum absolute atomic E-state index is 13.0. The number of alkyl halides is 3. The van der Waals surface area contributed by atoms with E-state index < -0.39 is 29.9 Å². The van der Waals surface area contributed by atoms with Gasteiger partial charge in [-0.15, -0.1) is 0 Å². The van der Waals surface area contributed by atoms with E-state index in [0.717, 1.165) is 5.56 Å². The number of imidazole rings is 1. The van der Waals surface area contributed by atoms with Gasteiger partial charge < -0.3 is 24.5 Å². The van der Waals surface area contributed by atoms with E-state index in [-0.39, 0.29) is 34.8 Å². The van der Waals surface area contributed by atoms with Crippen molar-refractivity contribution in [3.8, 4) is 5.75 Å². The molecule has 1 atom stereocenters. The molecule has 2 aromatic heterocycles. The number of amides is 2. The maximum Gasteiger partial charge on any atom is 0.449 e. The van der Waals surface area contributed by atoms with Crippen molar-refractivity contribution >= 4 is 28.5 Å². The fourth-order valence-corrected chi connectivity index (χ4v) is 3.77. The lowest BCUT2D eigenvalue weighted by Gasteiger charge is -2.20. The number of anilines is 1. The van der Waals surface area contributed by atoms with Crippen LogP contribution in [0, 0.1) is 0 Å². The molecule has 0 unspecified atom stereocenters. The Labute approximate surface area is 195 Å². The Morgan fingerprint density at radius 1 is 1.23 bits per heavy atom. The average Bonchev–Trinajstić information content (AvgIpc) is 3.45. The van der Waals surface area contributed by atoms with Crippen molar-refractivity contribution < 1.29 is 32.0 Å². The van der Waals surface area contributed by atoms with Crippen LogP contribution in [-0.2, 0) is 17.4 Å². The molecule has 4 aromatic rings. The van der Waals surface area contributed by atoms with Gasteiger partial charge in [-0.05, 0) is 11.6 Å². The summed E-state index contributed by atoms with van der Waals surface area (Å²) >= 11 is 0. The third kappa shape index (κ3) is 4.42. The number of hydrogen-bond donors (Lipinski definition) is 2. The van der Waals surface area contributed by atoms with Crippen LogP contribution >= 0.6 is 0 Å². The Morgan fingerprint density at radius 2 is 2.00 bits per heavy atom. The summed E-state index contributed by atoms with van der Waals surface area (Å²) in [5, 5.41) is 6.37. The van der Waals surface area contributed by atoms with Crippen LogP contribution in [0.1, 0.15) is 27.6 Å². The number of hydrogen-bond acceptors (Lipinski definition) is 6. The number of fused-ring (bicyclic) bond motifs is 2. The second kappa shape index (κ2) is 8.46. The standard InChI is InChI=1S/C23H18F3N5O4/c1-31-18-9-14-15(29-22(28-14)23(24,25)26)10-19(18)34-11-17(21(31)33)27-20(32)16-8-13(35-30-16)7-12-5-3-2-4-6-12/h2-6,8-10,17H,7,11H2,1H3,(H,27,32)(H,28,29)/t17-/m0/s1. The van der Waals surface area contributed by atoms with Crippen LogP contribution in [-0.4, -0.2) is 46.6 Å². The van der Waals surface area contributed by atoms with E-state index in [1.807, 2.05) is 30.3 Å². The second-order valence-corrected chi connectivity index (χ2v) is 8.00. The lowest BCUT2D eigenvalue weighted by atomic mass is 10.1. The van der Waals surface area contributed by atoms with Gasteiger partial charge in [0.25, 0.3) is 11.8 Å². The zero-order chi connectivity index (χ0) is 24.7. The highest BCUT2D eigenvalue weighted by Gasteiger charge is 2.36. The molecule has 9 nitrogen and oxygen atoms in total. The van der Waals surface area contributed by atoms with Gasteiger partial charge in [-0.3, -0.25) is 9.59 Å². The van der Waals surface area contributed by atoms with Crippen LogP contribution in [0.5, 0.6) is 5.75 Å². The predicted molar refractivity (Wildman–Crippen MR) is 117 cm³/mol. The van der Waals surface area contributed by atoms with Gasteiger partial charge in [0, 0.05) is 25.6 Å². The number of carbonyl (C=O) groups excluding carboxylic acids is 2. The molecular formula is C23H18F3N5O4. The zero-order valence-corrected chi connectivity index (χ0v) is 18.2. The van der Waals surface area contributed by atoms with Crippen molar-refractivity contribution in [2.24, 2.45) is 0 Å². The highest BCUT2D eigenvalue weighted by atomic mass is 19.4. The van der Waals surface area contributed by atoms with Crippen LogP contribution in [0.15, 0.2) is 53.1 Å². The molecule has 2 amide bonds. The number of halogens is 3. The summed E-state index contributed by atoms with van der Waals surface area (Å²) in [6.07, 6.45) is -4.20. The fourth-order valence-electron chi connectivity index (χ4n) is 3.77. The first-order valence-electron chi connectivity index (χ1n) is 10.5. The molecular weight excluding hydrogens is 467 g/mol. The molecule has 2 N–H and O–H groups in total. The van der Waals surface area contributed by atoms with Crippen molar-refractivity contribution in [2.45, 2.75) is 18.6 Å². The third-order valence-electron chi connectivity index (χ3n) is 5.54. The molecule has 0 fully saturated rings. The summed E-state index contributed by atoms with van der Waals surface area (Å²) in [6, 6.07) is 12.6. The van der Waals surface area contributed by atoms with Crippen LogP contribution in [0.25, 0.3) is 11.0 Å². The first-order chi connectivity index (χ1) is 16.7. The molecule has 1 aliphatic rings. The maximum atomic E-state index is 13.0. The molecule has 0 aliphatic carbocycles.